The molecule has 3 N–H and O–H groups in total. The standard InChI is InChI=1S/C11H10N2O2/c1-6-3-2-4-7-9(6)13-5-8(10(7)14)11(12)15/h2-5H,1H3,(H2,12,15)(H,13,14). The van der Waals surface area contributed by atoms with Gasteiger partial charge in [0.2, 0.25) is 5.43 Å². The van der Waals surface area contributed by atoms with Crippen molar-refractivity contribution in [1.82, 2.24) is 4.98 Å². The third-order valence-electron chi connectivity index (χ3n) is 2.39. The zero-order chi connectivity index (χ0) is 11.0. The fourth-order valence-corrected chi connectivity index (χ4v) is 1.59. The van der Waals surface area contributed by atoms with Crippen molar-refractivity contribution in [3.8, 4) is 0 Å². The molecule has 4 nitrogen and oxygen atoms in total. The molecule has 1 heterocycles. The molecule has 2 rings (SSSR count). The van der Waals surface area contributed by atoms with Crippen LogP contribution in [0.1, 0.15) is 15.9 Å². The fourth-order valence-electron chi connectivity index (χ4n) is 1.59. The minimum atomic E-state index is -0.709. The molecule has 0 atom stereocenters. The molecule has 4 heteroatoms. The van der Waals surface area contributed by atoms with Crippen molar-refractivity contribution in [2.75, 3.05) is 0 Å². The highest BCUT2D eigenvalue weighted by Gasteiger charge is 2.09. The number of aromatic nitrogens is 1. The number of hydrogen-bond acceptors (Lipinski definition) is 2. The lowest BCUT2D eigenvalue weighted by Crippen LogP contribution is -2.22. The Kier molecular flexibility index (Phi) is 2.04. The van der Waals surface area contributed by atoms with Gasteiger partial charge >= 0.3 is 0 Å². The highest BCUT2D eigenvalue weighted by Crippen LogP contribution is 2.12. The van der Waals surface area contributed by atoms with E-state index >= 15 is 0 Å². The van der Waals surface area contributed by atoms with E-state index in [0.717, 1.165) is 11.1 Å². The Morgan fingerprint density at radius 3 is 2.80 bits per heavy atom. The molecule has 76 valence electrons. The number of hydrogen-bond donors (Lipinski definition) is 2. The predicted octanol–water partition coefficient (Wildman–Crippen LogP) is 0.935. The summed E-state index contributed by atoms with van der Waals surface area (Å²) in [7, 11) is 0. The van der Waals surface area contributed by atoms with E-state index in [0.29, 0.717) is 5.39 Å². The second kappa shape index (κ2) is 3.24. The molecule has 0 saturated heterocycles. The van der Waals surface area contributed by atoms with Gasteiger partial charge in [-0.3, -0.25) is 9.59 Å². The van der Waals surface area contributed by atoms with Gasteiger partial charge in [0.25, 0.3) is 5.91 Å². The molecular formula is C11H10N2O2. The van der Waals surface area contributed by atoms with Crippen LogP contribution in [0.5, 0.6) is 0 Å². The third-order valence-corrected chi connectivity index (χ3v) is 2.39. The van der Waals surface area contributed by atoms with Gasteiger partial charge in [-0.25, -0.2) is 0 Å². The topological polar surface area (TPSA) is 76.0 Å². The molecule has 2 aromatic rings. The van der Waals surface area contributed by atoms with E-state index < -0.39 is 5.91 Å². The lowest BCUT2D eigenvalue weighted by Gasteiger charge is -2.02. The van der Waals surface area contributed by atoms with Crippen LogP contribution in [0.2, 0.25) is 0 Å². The quantitative estimate of drug-likeness (QED) is 0.721. The molecule has 0 saturated carbocycles. The number of fused-ring (bicyclic) bond motifs is 1. The number of para-hydroxylation sites is 1. The third kappa shape index (κ3) is 1.40. The Labute approximate surface area is 85.7 Å². The Morgan fingerprint density at radius 2 is 2.13 bits per heavy atom. The van der Waals surface area contributed by atoms with Crippen LogP contribution in [0.3, 0.4) is 0 Å². The van der Waals surface area contributed by atoms with E-state index in [1.54, 1.807) is 12.1 Å². The van der Waals surface area contributed by atoms with Crippen molar-refractivity contribution in [1.29, 1.82) is 0 Å². The molecule has 0 aliphatic carbocycles. The van der Waals surface area contributed by atoms with Gasteiger partial charge in [0.05, 0.1) is 5.52 Å². The summed E-state index contributed by atoms with van der Waals surface area (Å²) < 4.78 is 0. The summed E-state index contributed by atoms with van der Waals surface area (Å²) in [4.78, 5) is 25.7. The molecule has 0 fully saturated rings. The number of carbonyl (C=O) groups is 1. The van der Waals surface area contributed by atoms with Crippen LogP contribution in [0.25, 0.3) is 10.9 Å². The molecule has 0 radical (unpaired) electrons. The van der Waals surface area contributed by atoms with Crippen LogP contribution in [-0.4, -0.2) is 10.9 Å². The van der Waals surface area contributed by atoms with Gasteiger partial charge in [-0.05, 0) is 18.6 Å². The van der Waals surface area contributed by atoms with Crippen molar-refractivity contribution in [2.45, 2.75) is 6.92 Å². The second-order valence-corrected chi connectivity index (χ2v) is 3.39. The highest BCUT2D eigenvalue weighted by atomic mass is 16.2. The number of rotatable bonds is 1. The van der Waals surface area contributed by atoms with Crippen LogP contribution < -0.4 is 11.2 Å². The molecule has 0 aliphatic rings. The summed E-state index contributed by atoms with van der Waals surface area (Å²) in [6.07, 6.45) is 1.36. The summed E-state index contributed by atoms with van der Waals surface area (Å²) in [5.41, 5.74) is 6.46. The fraction of sp³-hybridized carbons (Fsp3) is 0.0909. The summed E-state index contributed by atoms with van der Waals surface area (Å²) in [6, 6.07) is 5.34. The summed E-state index contributed by atoms with van der Waals surface area (Å²) >= 11 is 0. The minimum absolute atomic E-state index is 0.00639. The molecule has 0 aliphatic heterocycles. The van der Waals surface area contributed by atoms with Crippen molar-refractivity contribution in [3.05, 3.63) is 45.7 Å². The number of nitrogens with two attached hydrogens (primary N) is 1. The first-order valence-corrected chi connectivity index (χ1v) is 4.52. The monoisotopic (exact) mass is 202 g/mol. The van der Waals surface area contributed by atoms with Crippen molar-refractivity contribution >= 4 is 16.8 Å². The van der Waals surface area contributed by atoms with Gasteiger partial charge in [-0.1, -0.05) is 12.1 Å². The number of carbonyl (C=O) groups excluding carboxylic acids is 1. The Hall–Kier alpha value is -2.10. The van der Waals surface area contributed by atoms with Gasteiger partial charge in [0, 0.05) is 11.6 Å². The Balaban J connectivity index is 2.92. The van der Waals surface area contributed by atoms with E-state index in [-0.39, 0.29) is 11.0 Å². The first-order valence-electron chi connectivity index (χ1n) is 4.52. The smallest absolute Gasteiger partial charge is 0.254 e. The lowest BCUT2D eigenvalue weighted by molar-refractivity contribution is 0.0999. The number of aryl methyl sites for hydroxylation is 1. The number of primary amides is 1. The zero-order valence-corrected chi connectivity index (χ0v) is 8.20. The molecule has 1 aromatic carbocycles. The van der Waals surface area contributed by atoms with Crippen molar-refractivity contribution < 1.29 is 4.79 Å². The maximum Gasteiger partial charge on any atom is 0.254 e. The molecular weight excluding hydrogens is 192 g/mol. The van der Waals surface area contributed by atoms with E-state index in [4.69, 9.17) is 5.73 Å². The van der Waals surface area contributed by atoms with Crippen molar-refractivity contribution in [2.24, 2.45) is 5.73 Å². The Morgan fingerprint density at radius 1 is 1.40 bits per heavy atom. The Bertz CT molecular complexity index is 599. The largest absolute Gasteiger partial charge is 0.365 e. The van der Waals surface area contributed by atoms with Gasteiger partial charge < -0.3 is 10.7 Å². The maximum absolute atomic E-state index is 11.8. The molecule has 0 spiro atoms. The van der Waals surface area contributed by atoms with Gasteiger partial charge in [-0.2, -0.15) is 0 Å². The van der Waals surface area contributed by atoms with Crippen LogP contribution in [0, 0.1) is 6.92 Å². The van der Waals surface area contributed by atoms with Crippen LogP contribution in [-0.2, 0) is 0 Å². The lowest BCUT2D eigenvalue weighted by atomic mass is 10.1. The summed E-state index contributed by atoms with van der Waals surface area (Å²) in [6.45, 7) is 1.89. The van der Waals surface area contributed by atoms with Crippen LogP contribution >= 0.6 is 0 Å². The summed E-state index contributed by atoms with van der Waals surface area (Å²) in [5, 5.41) is 0.492. The maximum atomic E-state index is 11.8. The zero-order valence-electron chi connectivity index (χ0n) is 8.20. The van der Waals surface area contributed by atoms with E-state index in [1.807, 2.05) is 13.0 Å². The van der Waals surface area contributed by atoms with Gasteiger partial charge in [0.1, 0.15) is 5.56 Å². The minimum Gasteiger partial charge on any atom is -0.365 e. The molecule has 15 heavy (non-hydrogen) atoms. The second-order valence-electron chi connectivity index (χ2n) is 3.39. The highest BCUT2D eigenvalue weighted by molar-refractivity contribution is 5.96. The number of H-pyrrole nitrogens is 1. The van der Waals surface area contributed by atoms with Crippen LogP contribution in [0.15, 0.2) is 29.2 Å². The first kappa shape index (κ1) is 9.45. The molecule has 1 amide bonds. The predicted molar refractivity (Wildman–Crippen MR) is 57.8 cm³/mol. The number of aromatic amines is 1. The molecule has 1 aromatic heterocycles. The van der Waals surface area contributed by atoms with Gasteiger partial charge in [0.15, 0.2) is 0 Å². The van der Waals surface area contributed by atoms with E-state index in [9.17, 15) is 9.59 Å². The SMILES string of the molecule is Cc1cccc2c(=O)c(C(N)=O)c[nH]c12. The van der Waals surface area contributed by atoms with E-state index in [2.05, 4.69) is 4.98 Å². The van der Waals surface area contributed by atoms with Crippen molar-refractivity contribution in [3.63, 3.8) is 0 Å². The number of benzene rings is 1. The number of pyridine rings is 1. The molecule has 0 unspecified atom stereocenters. The number of nitrogens with one attached hydrogen (secondary N) is 1. The average molecular weight is 202 g/mol. The normalized spacial score (nSPS) is 10.5. The first-order chi connectivity index (χ1) is 7.11. The van der Waals surface area contributed by atoms with Gasteiger partial charge in [-0.15, -0.1) is 0 Å². The van der Waals surface area contributed by atoms with E-state index in [1.165, 1.54) is 6.20 Å². The number of amides is 1. The summed E-state index contributed by atoms with van der Waals surface area (Å²) in [5.74, 6) is -0.709. The molecule has 0 bridgehead atoms. The average Bonchev–Trinajstić information content (AvgIpc) is 2.19. The van der Waals surface area contributed by atoms with Crippen LogP contribution in [0.4, 0.5) is 0 Å².